The first kappa shape index (κ1) is 120. The lowest BCUT2D eigenvalue weighted by molar-refractivity contribution is -0.117. The predicted molar refractivity (Wildman–Crippen MR) is 579 cm³/mol. The number of nitrogens with zero attached hydrogens (tertiary/aromatic N) is 5. The third-order valence-electron chi connectivity index (χ3n) is 23.8. The van der Waals surface area contributed by atoms with E-state index in [9.17, 15) is 80.4 Å². The lowest BCUT2D eigenvalue weighted by Gasteiger charge is -2.29. The molecule has 0 atom stereocenters. The summed E-state index contributed by atoms with van der Waals surface area (Å²) in [7, 11) is -15.0. The predicted octanol–water partition coefficient (Wildman–Crippen LogP) is 16.5. The Kier molecular flexibility index (Phi) is 45.4. The van der Waals surface area contributed by atoms with Gasteiger partial charge in [-0.1, -0.05) is 29.8 Å². The Labute approximate surface area is 852 Å². The van der Waals surface area contributed by atoms with Crippen molar-refractivity contribution in [2.24, 2.45) is 0 Å². The topological polar surface area (TPSA) is 457 Å². The van der Waals surface area contributed by atoms with Crippen LogP contribution >= 0.6 is 11.6 Å². The number of carbonyl (C=O) groups is 8. The first-order valence-electron chi connectivity index (χ1n) is 48.9. The molecule has 143 heavy (non-hydrogen) atoms. The molecule has 0 bridgehead atoms. The molecule has 40 heteroatoms. The summed E-state index contributed by atoms with van der Waals surface area (Å²) in [6, 6.07) is 48.2. The molecular weight excluding hydrogens is 1950 g/mol. The number of sulfonamides is 5. The van der Waals surface area contributed by atoms with Crippen LogP contribution in [-0.4, -0.2) is 197 Å². The zero-order valence-corrected chi connectivity index (χ0v) is 91.1. The number of aromatic nitrogens is 1. The average molecular weight is 2100 g/mol. The molecule has 0 radical (unpaired) electrons. The third kappa shape index (κ3) is 37.6. The van der Waals surface area contributed by atoms with Crippen molar-refractivity contribution in [3.05, 3.63) is 174 Å². The van der Waals surface area contributed by atoms with Crippen LogP contribution in [0.4, 0.5) is 51.2 Å². The number of para-hydroxylation sites is 1. The molecule has 11 N–H and O–H groups in total. The molecule has 3 aliphatic rings. The molecule has 0 unspecified atom stereocenters. The molecule has 0 saturated carbocycles. The Balaban J connectivity index is 0.000000243. The highest BCUT2D eigenvalue weighted by molar-refractivity contribution is 7.92. The van der Waals surface area contributed by atoms with E-state index >= 15 is 0 Å². The van der Waals surface area contributed by atoms with Gasteiger partial charge in [-0.05, 0) is 334 Å². The van der Waals surface area contributed by atoms with Crippen molar-refractivity contribution in [1.82, 2.24) is 33.5 Å². The largest absolute Gasteiger partial charge is 0.372 e. The van der Waals surface area contributed by atoms with Gasteiger partial charge in [-0.25, -0.2) is 70.6 Å². The SMILES string of the molecule is CC(=O)N(C)c1ccc(NC(=O)CCCCNS(=O)(=O)C(C)(C)C)cc1.CC(C)(C)S(=O)(=O)NCCCCC(=O)Nc1ccc(N2C(=O)c3ccc(Cl)cc3C2=O)cc1.CC(C)(C)S(=O)(=O)NCCCCC(=O)Nc1ccc(N2CCCCC2)cc1.CC(C)(C)S(=O)(=O)NCCCCC(=O)Nc1ccc(N2CCNCC2)cc1.CCn1c2ccccc2c2cc(NC(=O)CCCCNS(=O)(=O)C(C)(C)C)ccc21. The molecule has 0 spiro atoms. The number of fused-ring (bicyclic) bond motifs is 4. The van der Waals surface area contributed by atoms with Gasteiger partial charge in [-0.3, -0.25) is 38.4 Å². The van der Waals surface area contributed by atoms with Crippen LogP contribution < -0.4 is 75.1 Å². The zero-order valence-electron chi connectivity index (χ0n) is 86.2. The molecule has 34 nitrogen and oxygen atoms in total. The minimum Gasteiger partial charge on any atom is -0.372 e. The summed E-state index contributed by atoms with van der Waals surface area (Å²) in [5, 5.41) is 20.3. The Bertz CT molecular complexity index is 6080. The van der Waals surface area contributed by atoms with E-state index < -0.39 is 85.7 Å². The molecule has 0 aliphatic carbocycles. The zero-order chi connectivity index (χ0) is 106. The normalized spacial score (nSPS) is 13.9. The van der Waals surface area contributed by atoms with Crippen molar-refractivity contribution in [1.29, 1.82) is 0 Å². The van der Waals surface area contributed by atoms with Gasteiger partial charge < -0.3 is 51.2 Å². The number of hydrogen-bond acceptors (Lipinski definition) is 21. The van der Waals surface area contributed by atoms with Crippen molar-refractivity contribution in [3.63, 3.8) is 0 Å². The Morgan fingerprint density at radius 3 is 1.01 bits per heavy atom. The van der Waals surface area contributed by atoms with E-state index in [0.717, 1.165) is 84.4 Å². The van der Waals surface area contributed by atoms with Crippen LogP contribution in [0.15, 0.2) is 158 Å². The first-order valence-corrected chi connectivity index (χ1v) is 56.7. The van der Waals surface area contributed by atoms with Gasteiger partial charge in [0, 0.05) is 197 Å². The highest BCUT2D eigenvalue weighted by Gasteiger charge is 2.38. The molecule has 7 aromatic carbocycles. The van der Waals surface area contributed by atoms with E-state index in [-0.39, 0.29) is 54.0 Å². The van der Waals surface area contributed by atoms with Gasteiger partial charge in [-0.15, -0.1) is 0 Å². The van der Waals surface area contributed by atoms with Crippen LogP contribution in [-0.2, 0) is 85.4 Å². The number of imide groups is 1. The second kappa shape index (κ2) is 54.2. The molecule has 1 aromatic heterocycles. The average Bonchev–Trinajstić information content (AvgIpc) is 1.61. The standard InChI is InChI=1S/C23H26ClN3O5S.C23H31N3O3S.C20H33N3O3S.C19H32N4O3S.C18H29N3O4S/c1-23(2,3)33(31,32)25-13-5-4-6-20(28)26-16-8-10-17(11-9-16)27-21(29)18-12-7-15(24)14-19(18)22(27)30;1-5-26-20-11-7-6-10-18(20)19-16-17(13-14-21(19)26)25-22(27)12-8-9-15-24-30(28,29)23(2,3)4;1-20(2,3)27(25,26)21-14-6-5-9-19(24)22-17-10-12-18(13-11-17)23-15-7-4-8-16-23;1-19(2,3)27(25,26)21-11-5-4-6-18(24)22-16-7-9-17(10-8-16)23-14-12-20-13-15-23;1-14(22)21(5)16-11-9-15(10-12-16)20-17(23)8-6-7-13-19-26(24,25)18(2,3)4/h7-12,14,25H,4-6,13H2,1-3H3,(H,26,28);6-7,10-11,13-14,16,24H,5,8-9,12,15H2,1-4H3,(H,25,27);10-13,21H,4-9,14-16H2,1-3H3,(H,22,24);7-10,20-21H,4-6,11-15H2,1-3H3,(H,22,24);9-12,19H,6-8,13H2,1-5H3,(H,20,23). The Morgan fingerprint density at radius 2 is 0.664 bits per heavy atom. The van der Waals surface area contributed by atoms with Gasteiger partial charge in [0.1, 0.15) is 0 Å². The maximum Gasteiger partial charge on any atom is 0.266 e. The minimum absolute atomic E-state index is 0.0422. The smallest absolute Gasteiger partial charge is 0.266 e. The van der Waals surface area contributed by atoms with Gasteiger partial charge >= 0.3 is 0 Å². The van der Waals surface area contributed by atoms with Crippen LogP contribution in [0.3, 0.4) is 0 Å². The number of halogens is 1. The number of carbonyl (C=O) groups excluding carboxylic acids is 8. The molecule has 2 saturated heterocycles. The number of amides is 8. The highest BCUT2D eigenvalue weighted by atomic mass is 35.5. The van der Waals surface area contributed by atoms with Crippen molar-refractivity contribution in [3.8, 4) is 0 Å². The lowest BCUT2D eigenvalue weighted by atomic mass is 10.1. The van der Waals surface area contributed by atoms with Crippen LogP contribution in [0, 0.1) is 0 Å². The van der Waals surface area contributed by atoms with E-state index in [2.05, 4.69) is 107 Å². The van der Waals surface area contributed by atoms with Crippen molar-refractivity contribution in [2.45, 2.75) is 264 Å². The summed E-state index contributed by atoms with van der Waals surface area (Å²) in [6.45, 7) is 37.1. The Morgan fingerprint density at radius 1 is 0.357 bits per heavy atom. The Hall–Kier alpha value is -10.3. The van der Waals surface area contributed by atoms with E-state index in [1.165, 1.54) is 65.5 Å². The summed E-state index contributed by atoms with van der Waals surface area (Å²) in [5.74, 6) is -1.44. The van der Waals surface area contributed by atoms with E-state index in [4.69, 9.17) is 11.6 Å². The number of hydrogen-bond donors (Lipinski definition) is 11. The maximum atomic E-state index is 12.6. The summed E-state index contributed by atoms with van der Waals surface area (Å²) in [4.78, 5) is 104. The van der Waals surface area contributed by atoms with Crippen molar-refractivity contribution >= 4 is 182 Å². The molecule has 8 aromatic rings. The molecule has 11 rings (SSSR count). The monoisotopic (exact) mass is 2090 g/mol. The van der Waals surface area contributed by atoms with E-state index in [1.54, 1.807) is 166 Å². The van der Waals surface area contributed by atoms with Gasteiger partial charge in [-0.2, -0.15) is 0 Å². The third-order valence-corrected chi connectivity index (χ3v) is 35.0. The fourth-order valence-corrected chi connectivity index (χ4v) is 18.8. The number of piperazine rings is 1. The maximum absolute atomic E-state index is 12.6. The molecule has 4 heterocycles. The van der Waals surface area contributed by atoms with E-state index in [1.807, 2.05) is 60.7 Å². The molecule has 8 amide bonds. The van der Waals surface area contributed by atoms with Crippen molar-refractivity contribution < 1.29 is 80.4 Å². The van der Waals surface area contributed by atoms with E-state index in [0.29, 0.717) is 144 Å². The van der Waals surface area contributed by atoms with Crippen molar-refractivity contribution in [2.75, 3.05) is 125 Å². The number of piperidine rings is 1. The first-order chi connectivity index (χ1) is 66.9. The second-order valence-electron chi connectivity index (χ2n) is 40.3. The molecule has 2 fully saturated rings. The lowest BCUT2D eigenvalue weighted by Crippen LogP contribution is -2.43. The van der Waals surface area contributed by atoms with Crippen LogP contribution in [0.5, 0.6) is 0 Å². The summed E-state index contributed by atoms with van der Waals surface area (Å²) >= 11 is 5.94. The summed E-state index contributed by atoms with van der Waals surface area (Å²) in [6.07, 6.45) is 11.5. The van der Waals surface area contributed by atoms with Crippen LogP contribution in [0.1, 0.15) is 254 Å². The molecule has 788 valence electrons. The number of rotatable bonds is 40. The summed E-state index contributed by atoms with van der Waals surface area (Å²) in [5.41, 5.74) is 9.96. The number of anilines is 9. The van der Waals surface area contributed by atoms with Gasteiger partial charge in [0.15, 0.2) is 0 Å². The number of aryl methyl sites for hydroxylation is 1. The highest BCUT2D eigenvalue weighted by Crippen LogP contribution is 2.35. The quantitative estimate of drug-likeness (QED) is 0.0125. The van der Waals surface area contributed by atoms with Crippen LogP contribution in [0.25, 0.3) is 21.8 Å². The van der Waals surface area contributed by atoms with Crippen LogP contribution in [0.2, 0.25) is 5.02 Å². The van der Waals surface area contributed by atoms with Gasteiger partial charge in [0.25, 0.3) is 11.8 Å². The summed E-state index contributed by atoms with van der Waals surface area (Å²) < 4.78 is 131. The number of unbranched alkanes of at least 4 members (excludes halogenated alkanes) is 5. The fourth-order valence-electron chi connectivity index (χ4n) is 14.4. The minimum atomic E-state index is -3.39. The number of nitrogens with one attached hydrogen (secondary N) is 11. The van der Waals surface area contributed by atoms with Gasteiger partial charge in [0.05, 0.1) is 40.5 Å². The van der Waals surface area contributed by atoms with Gasteiger partial charge in [0.2, 0.25) is 85.6 Å². The number of benzene rings is 7. The fraction of sp³-hybridized carbons (Fsp3) is 0.515. The molecule has 3 aliphatic heterocycles. The molecular formula is C103H151ClN16O18S5. The second-order valence-corrected chi connectivity index (χ2v) is 53.3.